The second-order valence-electron chi connectivity index (χ2n) is 4.07. The third-order valence-corrected chi connectivity index (χ3v) is 2.70. The van der Waals surface area contributed by atoms with Gasteiger partial charge in [0.15, 0.2) is 0 Å². The van der Waals surface area contributed by atoms with Gasteiger partial charge >= 0.3 is 0 Å². The lowest BCUT2D eigenvalue weighted by atomic mass is 10.1. The SMILES string of the molecule is Cc1cccc(-c2ccnnc2-c2cccnn2)n1. The van der Waals surface area contributed by atoms with Crippen molar-refractivity contribution in [3.05, 3.63) is 54.5 Å². The summed E-state index contributed by atoms with van der Waals surface area (Å²) in [4.78, 5) is 4.51. The van der Waals surface area contributed by atoms with E-state index in [0.717, 1.165) is 17.0 Å². The molecule has 3 aromatic rings. The van der Waals surface area contributed by atoms with Gasteiger partial charge in [-0.15, -0.1) is 10.2 Å². The molecular formula is C14H11N5. The van der Waals surface area contributed by atoms with E-state index in [-0.39, 0.29) is 0 Å². The molecule has 0 bridgehead atoms. The number of nitrogens with zero attached hydrogens (tertiary/aromatic N) is 5. The number of aryl methyl sites for hydroxylation is 1. The molecule has 0 radical (unpaired) electrons. The normalized spacial score (nSPS) is 10.4. The van der Waals surface area contributed by atoms with Crippen LogP contribution >= 0.6 is 0 Å². The molecule has 0 unspecified atom stereocenters. The fourth-order valence-corrected chi connectivity index (χ4v) is 1.85. The molecule has 0 atom stereocenters. The zero-order valence-corrected chi connectivity index (χ0v) is 10.4. The molecule has 3 heterocycles. The van der Waals surface area contributed by atoms with Crippen LogP contribution in [0.2, 0.25) is 0 Å². The maximum atomic E-state index is 4.51. The first-order valence-corrected chi connectivity index (χ1v) is 5.88. The van der Waals surface area contributed by atoms with Crippen LogP contribution < -0.4 is 0 Å². The van der Waals surface area contributed by atoms with Crippen LogP contribution in [-0.4, -0.2) is 25.4 Å². The van der Waals surface area contributed by atoms with Crippen LogP contribution in [0.5, 0.6) is 0 Å². The monoisotopic (exact) mass is 249 g/mol. The molecule has 0 saturated carbocycles. The number of aromatic nitrogens is 5. The van der Waals surface area contributed by atoms with Crippen molar-refractivity contribution >= 4 is 0 Å². The molecule has 92 valence electrons. The van der Waals surface area contributed by atoms with Gasteiger partial charge in [0.25, 0.3) is 0 Å². The molecular weight excluding hydrogens is 238 g/mol. The lowest BCUT2D eigenvalue weighted by Gasteiger charge is -2.06. The van der Waals surface area contributed by atoms with E-state index < -0.39 is 0 Å². The van der Waals surface area contributed by atoms with E-state index in [4.69, 9.17) is 0 Å². The van der Waals surface area contributed by atoms with E-state index in [1.807, 2.05) is 43.3 Å². The van der Waals surface area contributed by atoms with Gasteiger partial charge in [0.1, 0.15) is 11.4 Å². The van der Waals surface area contributed by atoms with Crippen LogP contribution in [0.25, 0.3) is 22.6 Å². The van der Waals surface area contributed by atoms with Crippen LogP contribution in [0, 0.1) is 6.92 Å². The summed E-state index contributed by atoms with van der Waals surface area (Å²) in [5.74, 6) is 0. The van der Waals surface area contributed by atoms with Gasteiger partial charge in [-0.1, -0.05) is 6.07 Å². The molecule has 19 heavy (non-hydrogen) atoms. The van der Waals surface area contributed by atoms with Gasteiger partial charge in [0, 0.05) is 17.5 Å². The number of hydrogen-bond acceptors (Lipinski definition) is 5. The molecule has 0 aliphatic rings. The molecule has 5 heteroatoms. The summed E-state index contributed by atoms with van der Waals surface area (Å²) in [6.07, 6.45) is 3.28. The molecule has 0 aliphatic heterocycles. The topological polar surface area (TPSA) is 64.5 Å². The standard InChI is InChI=1S/C14H11N5/c1-10-4-2-5-12(17-10)11-7-9-16-19-14(11)13-6-3-8-15-18-13/h2-9H,1H3. The van der Waals surface area contributed by atoms with Crippen molar-refractivity contribution < 1.29 is 0 Å². The Labute approximate surface area is 110 Å². The lowest BCUT2D eigenvalue weighted by molar-refractivity contribution is 0.988. The van der Waals surface area contributed by atoms with Crippen LogP contribution in [0.4, 0.5) is 0 Å². The van der Waals surface area contributed by atoms with E-state index in [1.165, 1.54) is 0 Å². The van der Waals surface area contributed by atoms with Crippen molar-refractivity contribution in [1.82, 2.24) is 25.4 Å². The molecule has 3 aromatic heterocycles. The second kappa shape index (κ2) is 4.89. The Morgan fingerprint density at radius 3 is 2.42 bits per heavy atom. The highest BCUT2D eigenvalue weighted by molar-refractivity contribution is 5.76. The van der Waals surface area contributed by atoms with Crippen molar-refractivity contribution in [2.24, 2.45) is 0 Å². The third kappa shape index (κ3) is 2.30. The maximum absolute atomic E-state index is 4.51. The lowest BCUT2D eigenvalue weighted by Crippen LogP contribution is -1.96. The molecule has 5 nitrogen and oxygen atoms in total. The summed E-state index contributed by atoms with van der Waals surface area (Å²) in [6, 6.07) is 11.4. The molecule has 0 N–H and O–H groups in total. The zero-order chi connectivity index (χ0) is 13.1. The van der Waals surface area contributed by atoms with Crippen molar-refractivity contribution in [3.8, 4) is 22.6 Å². The van der Waals surface area contributed by atoms with E-state index >= 15 is 0 Å². The smallest absolute Gasteiger partial charge is 0.123 e. The zero-order valence-electron chi connectivity index (χ0n) is 10.4. The predicted molar refractivity (Wildman–Crippen MR) is 71.0 cm³/mol. The summed E-state index contributed by atoms with van der Waals surface area (Å²) >= 11 is 0. The largest absolute Gasteiger partial charge is 0.253 e. The third-order valence-electron chi connectivity index (χ3n) is 2.70. The highest BCUT2D eigenvalue weighted by atomic mass is 15.1. The highest BCUT2D eigenvalue weighted by Crippen LogP contribution is 2.26. The Hall–Kier alpha value is -2.69. The van der Waals surface area contributed by atoms with Gasteiger partial charge in [-0.05, 0) is 37.3 Å². The molecule has 0 aliphatic carbocycles. The van der Waals surface area contributed by atoms with Crippen LogP contribution in [-0.2, 0) is 0 Å². The number of hydrogen-bond donors (Lipinski definition) is 0. The van der Waals surface area contributed by atoms with Gasteiger partial charge in [-0.3, -0.25) is 4.98 Å². The van der Waals surface area contributed by atoms with E-state index in [9.17, 15) is 0 Å². The minimum atomic E-state index is 0.689. The average Bonchev–Trinajstić information content (AvgIpc) is 2.48. The molecule has 0 spiro atoms. The van der Waals surface area contributed by atoms with Crippen molar-refractivity contribution in [1.29, 1.82) is 0 Å². The molecule has 0 saturated heterocycles. The summed E-state index contributed by atoms with van der Waals surface area (Å²) in [5, 5.41) is 16.0. The number of rotatable bonds is 2. The Morgan fingerprint density at radius 2 is 1.63 bits per heavy atom. The van der Waals surface area contributed by atoms with Crippen LogP contribution in [0.15, 0.2) is 48.8 Å². The predicted octanol–water partition coefficient (Wildman–Crippen LogP) is 2.30. The first-order valence-electron chi connectivity index (χ1n) is 5.88. The molecule has 0 amide bonds. The highest BCUT2D eigenvalue weighted by Gasteiger charge is 2.11. The van der Waals surface area contributed by atoms with Gasteiger partial charge in [-0.2, -0.15) is 10.2 Å². The Bertz CT molecular complexity index is 697. The first kappa shape index (κ1) is 11.4. The summed E-state index contributed by atoms with van der Waals surface area (Å²) in [5.41, 5.74) is 4.09. The van der Waals surface area contributed by atoms with Gasteiger partial charge in [0.05, 0.1) is 11.9 Å². The Kier molecular flexibility index (Phi) is 2.94. The fourth-order valence-electron chi connectivity index (χ4n) is 1.85. The van der Waals surface area contributed by atoms with Crippen LogP contribution in [0.3, 0.4) is 0 Å². The van der Waals surface area contributed by atoms with Gasteiger partial charge in [-0.25, -0.2) is 0 Å². The minimum absolute atomic E-state index is 0.689. The van der Waals surface area contributed by atoms with E-state index in [1.54, 1.807) is 12.4 Å². The van der Waals surface area contributed by atoms with Crippen LogP contribution in [0.1, 0.15) is 5.69 Å². The summed E-state index contributed by atoms with van der Waals surface area (Å²) in [6.45, 7) is 1.96. The average molecular weight is 249 g/mol. The maximum Gasteiger partial charge on any atom is 0.123 e. The van der Waals surface area contributed by atoms with E-state index in [2.05, 4.69) is 25.4 Å². The van der Waals surface area contributed by atoms with Crippen molar-refractivity contribution in [2.45, 2.75) is 6.92 Å². The number of pyridine rings is 1. The summed E-state index contributed by atoms with van der Waals surface area (Å²) in [7, 11) is 0. The minimum Gasteiger partial charge on any atom is -0.253 e. The van der Waals surface area contributed by atoms with Crippen molar-refractivity contribution in [2.75, 3.05) is 0 Å². The van der Waals surface area contributed by atoms with Crippen molar-refractivity contribution in [3.63, 3.8) is 0 Å². The molecule has 0 fully saturated rings. The molecule has 3 rings (SSSR count). The molecule has 0 aromatic carbocycles. The fraction of sp³-hybridized carbons (Fsp3) is 0.0714. The van der Waals surface area contributed by atoms with Gasteiger partial charge < -0.3 is 0 Å². The Morgan fingerprint density at radius 1 is 0.789 bits per heavy atom. The van der Waals surface area contributed by atoms with E-state index in [0.29, 0.717) is 11.4 Å². The van der Waals surface area contributed by atoms with Gasteiger partial charge in [0.2, 0.25) is 0 Å². The Balaban J connectivity index is 2.18. The first-order chi connectivity index (χ1) is 9.34. The second-order valence-corrected chi connectivity index (χ2v) is 4.07. The quantitative estimate of drug-likeness (QED) is 0.697. The summed E-state index contributed by atoms with van der Waals surface area (Å²) < 4.78 is 0.